The van der Waals surface area contributed by atoms with Gasteiger partial charge in [0.25, 0.3) is 0 Å². The molecular weight excluding hydrogens is 229 g/mol. The third kappa shape index (κ3) is 3.91. The van der Waals surface area contributed by atoms with Crippen LogP contribution < -0.4 is 0 Å². The van der Waals surface area contributed by atoms with Crippen LogP contribution in [0, 0.1) is 5.82 Å². The summed E-state index contributed by atoms with van der Waals surface area (Å²) in [5.41, 5.74) is 0.620. The third-order valence-corrected chi connectivity index (χ3v) is 3.49. The fourth-order valence-electron chi connectivity index (χ4n) is 2.43. The van der Waals surface area contributed by atoms with Crippen molar-refractivity contribution >= 4 is 5.78 Å². The van der Waals surface area contributed by atoms with Gasteiger partial charge >= 0.3 is 0 Å². The number of rotatable bonds is 5. The Kier molecular flexibility index (Phi) is 4.88. The van der Waals surface area contributed by atoms with E-state index in [4.69, 9.17) is 0 Å². The summed E-state index contributed by atoms with van der Waals surface area (Å²) < 4.78 is 12.7. The lowest BCUT2D eigenvalue weighted by Gasteiger charge is -2.26. The van der Waals surface area contributed by atoms with E-state index in [-0.39, 0.29) is 11.6 Å². The molecule has 0 saturated carbocycles. The van der Waals surface area contributed by atoms with Crippen molar-refractivity contribution in [2.45, 2.75) is 32.1 Å². The van der Waals surface area contributed by atoms with E-state index in [0.29, 0.717) is 12.0 Å². The SMILES string of the molecule is O=C(CCCN1CCCCC1)c1ccc(F)cc1. The van der Waals surface area contributed by atoms with Gasteiger partial charge in [-0.25, -0.2) is 4.39 Å². The topological polar surface area (TPSA) is 20.3 Å². The number of Topliss-reactive ketones (excluding diaryl/α,β-unsaturated/α-hetero) is 1. The standard InChI is InChI=1S/C15H20FNO/c16-14-8-6-13(7-9-14)15(18)5-4-12-17-10-2-1-3-11-17/h6-9H,1-5,10-12H2. The molecule has 1 fully saturated rings. The van der Waals surface area contributed by atoms with Gasteiger partial charge in [-0.05, 0) is 63.2 Å². The van der Waals surface area contributed by atoms with Crippen molar-refractivity contribution in [3.8, 4) is 0 Å². The highest BCUT2D eigenvalue weighted by Gasteiger charge is 2.11. The van der Waals surface area contributed by atoms with Crippen LogP contribution in [0.4, 0.5) is 4.39 Å². The first-order valence-corrected chi connectivity index (χ1v) is 6.77. The number of ketones is 1. The zero-order valence-corrected chi connectivity index (χ0v) is 10.7. The minimum Gasteiger partial charge on any atom is -0.303 e. The van der Waals surface area contributed by atoms with Gasteiger partial charge < -0.3 is 4.90 Å². The molecule has 3 heteroatoms. The third-order valence-electron chi connectivity index (χ3n) is 3.49. The smallest absolute Gasteiger partial charge is 0.162 e. The van der Waals surface area contributed by atoms with Crippen LogP contribution in [0.25, 0.3) is 0 Å². The first-order chi connectivity index (χ1) is 8.75. The second-order valence-electron chi connectivity index (χ2n) is 4.94. The maximum absolute atomic E-state index is 12.7. The van der Waals surface area contributed by atoms with Crippen LogP contribution >= 0.6 is 0 Å². The molecule has 0 unspecified atom stereocenters. The number of halogens is 1. The molecule has 1 heterocycles. The summed E-state index contributed by atoms with van der Waals surface area (Å²) in [7, 11) is 0. The zero-order valence-electron chi connectivity index (χ0n) is 10.7. The molecule has 1 saturated heterocycles. The molecule has 0 bridgehead atoms. The maximum atomic E-state index is 12.7. The highest BCUT2D eigenvalue weighted by molar-refractivity contribution is 5.95. The Morgan fingerprint density at radius 1 is 1.11 bits per heavy atom. The Hall–Kier alpha value is -1.22. The zero-order chi connectivity index (χ0) is 12.8. The van der Waals surface area contributed by atoms with Crippen molar-refractivity contribution < 1.29 is 9.18 Å². The van der Waals surface area contributed by atoms with Crippen molar-refractivity contribution in [2.24, 2.45) is 0 Å². The molecule has 0 aromatic heterocycles. The summed E-state index contributed by atoms with van der Waals surface area (Å²) in [6, 6.07) is 5.83. The van der Waals surface area contributed by atoms with Gasteiger partial charge in [-0.2, -0.15) is 0 Å². The van der Waals surface area contributed by atoms with Gasteiger partial charge in [0.05, 0.1) is 0 Å². The quantitative estimate of drug-likeness (QED) is 0.746. The van der Waals surface area contributed by atoms with Gasteiger partial charge in [-0.3, -0.25) is 4.79 Å². The lowest BCUT2D eigenvalue weighted by atomic mass is 10.1. The van der Waals surface area contributed by atoms with E-state index in [0.717, 1.165) is 13.0 Å². The van der Waals surface area contributed by atoms with Gasteiger partial charge in [0.15, 0.2) is 5.78 Å². The molecule has 1 aliphatic rings. The van der Waals surface area contributed by atoms with E-state index >= 15 is 0 Å². The predicted octanol–water partition coefficient (Wildman–Crippen LogP) is 3.27. The van der Waals surface area contributed by atoms with Crippen LogP contribution in [0.5, 0.6) is 0 Å². The molecule has 2 nitrogen and oxygen atoms in total. The van der Waals surface area contributed by atoms with Crippen LogP contribution in [0.3, 0.4) is 0 Å². The van der Waals surface area contributed by atoms with Gasteiger partial charge in [0.2, 0.25) is 0 Å². The fraction of sp³-hybridized carbons (Fsp3) is 0.533. The Bertz CT molecular complexity index is 382. The van der Waals surface area contributed by atoms with Crippen LogP contribution in [0.2, 0.25) is 0 Å². The molecule has 0 atom stereocenters. The molecule has 18 heavy (non-hydrogen) atoms. The number of carbonyl (C=O) groups is 1. The van der Waals surface area contributed by atoms with E-state index in [9.17, 15) is 9.18 Å². The predicted molar refractivity (Wildman–Crippen MR) is 70.3 cm³/mol. The average molecular weight is 249 g/mol. The summed E-state index contributed by atoms with van der Waals surface area (Å²) >= 11 is 0. The summed E-state index contributed by atoms with van der Waals surface area (Å²) in [5.74, 6) is -0.174. The Morgan fingerprint density at radius 2 is 1.78 bits per heavy atom. The maximum Gasteiger partial charge on any atom is 0.162 e. The number of benzene rings is 1. The minimum absolute atomic E-state index is 0.118. The lowest BCUT2D eigenvalue weighted by Crippen LogP contribution is -2.30. The van der Waals surface area contributed by atoms with E-state index in [1.165, 1.54) is 44.5 Å². The number of hydrogen-bond donors (Lipinski definition) is 0. The Morgan fingerprint density at radius 3 is 2.44 bits per heavy atom. The first kappa shape index (κ1) is 13.2. The molecule has 98 valence electrons. The average Bonchev–Trinajstić information content (AvgIpc) is 2.40. The van der Waals surface area contributed by atoms with Gasteiger partial charge in [-0.1, -0.05) is 6.42 Å². The Labute approximate surface area is 108 Å². The molecule has 1 aromatic carbocycles. The van der Waals surface area contributed by atoms with Gasteiger partial charge in [0, 0.05) is 12.0 Å². The summed E-state index contributed by atoms with van der Waals surface area (Å²) in [4.78, 5) is 14.3. The number of carbonyl (C=O) groups excluding carboxylic acids is 1. The van der Waals surface area contributed by atoms with Crippen LogP contribution in [-0.4, -0.2) is 30.3 Å². The van der Waals surface area contributed by atoms with Crippen molar-refractivity contribution in [1.29, 1.82) is 0 Å². The molecule has 0 spiro atoms. The number of piperidine rings is 1. The minimum atomic E-state index is -0.292. The van der Waals surface area contributed by atoms with Crippen LogP contribution in [0.1, 0.15) is 42.5 Å². The normalized spacial score (nSPS) is 16.7. The second kappa shape index (κ2) is 6.64. The number of likely N-dealkylation sites (tertiary alicyclic amines) is 1. The number of nitrogens with zero attached hydrogens (tertiary/aromatic N) is 1. The summed E-state index contributed by atoms with van der Waals surface area (Å²) in [6.45, 7) is 3.35. The molecule has 1 aliphatic heterocycles. The first-order valence-electron chi connectivity index (χ1n) is 6.77. The van der Waals surface area contributed by atoms with E-state index < -0.39 is 0 Å². The highest BCUT2D eigenvalue weighted by atomic mass is 19.1. The number of hydrogen-bond acceptors (Lipinski definition) is 2. The van der Waals surface area contributed by atoms with Crippen molar-refractivity contribution in [3.63, 3.8) is 0 Å². The Balaban J connectivity index is 1.72. The van der Waals surface area contributed by atoms with Crippen LogP contribution in [-0.2, 0) is 0 Å². The monoisotopic (exact) mass is 249 g/mol. The van der Waals surface area contributed by atoms with Crippen molar-refractivity contribution in [1.82, 2.24) is 4.90 Å². The lowest BCUT2D eigenvalue weighted by molar-refractivity contribution is 0.0973. The molecule has 0 aliphatic carbocycles. The molecule has 1 aromatic rings. The molecule has 0 N–H and O–H groups in total. The molecule has 2 rings (SSSR count). The highest BCUT2D eigenvalue weighted by Crippen LogP contribution is 2.11. The van der Waals surface area contributed by atoms with Gasteiger partial charge in [-0.15, -0.1) is 0 Å². The van der Waals surface area contributed by atoms with Gasteiger partial charge in [0.1, 0.15) is 5.82 Å². The fourth-order valence-corrected chi connectivity index (χ4v) is 2.43. The summed E-state index contributed by atoms with van der Waals surface area (Å²) in [6.07, 6.45) is 5.36. The van der Waals surface area contributed by atoms with Crippen molar-refractivity contribution in [2.75, 3.05) is 19.6 Å². The van der Waals surface area contributed by atoms with E-state index in [2.05, 4.69) is 4.90 Å². The van der Waals surface area contributed by atoms with Crippen LogP contribution in [0.15, 0.2) is 24.3 Å². The molecule has 0 amide bonds. The second-order valence-corrected chi connectivity index (χ2v) is 4.94. The van der Waals surface area contributed by atoms with E-state index in [1.807, 2.05) is 0 Å². The largest absolute Gasteiger partial charge is 0.303 e. The van der Waals surface area contributed by atoms with Crippen molar-refractivity contribution in [3.05, 3.63) is 35.6 Å². The summed E-state index contributed by atoms with van der Waals surface area (Å²) in [5, 5.41) is 0. The molecular formula is C15H20FNO. The van der Waals surface area contributed by atoms with E-state index in [1.54, 1.807) is 12.1 Å². The molecule has 0 radical (unpaired) electrons.